The summed E-state index contributed by atoms with van der Waals surface area (Å²) < 4.78 is 0. The molecule has 5 nitrogen and oxygen atoms in total. The molecule has 0 radical (unpaired) electrons. The quantitative estimate of drug-likeness (QED) is 0.827. The van der Waals surface area contributed by atoms with Crippen molar-refractivity contribution in [2.75, 3.05) is 39.5 Å². The summed E-state index contributed by atoms with van der Waals surface area (Å²) in [6.07, 6.45) is 6.74. The topological polar surface area (TPSA) is 58.3 Å². The van der Waals surface area contributed by atoms with Gasteiger partial charge in [-0.05, 0) is 39.8 Å². The van der Waals surface area contributed by atoms with Crippen molar-refractivity contribution >= 4 is 5.82 Å². The molecular weight excluding hydrogens is 262 g/mol. The molecule has 2 aliphatic rings. The summed E-state index contributed by atoms with van der Waals surface area (Å²) in [4.78, 5) is 14.3. The smallest absolute Gasteiger partial charge is 0.132 e. The lowest BCUT2D eigenvalue weighted by Gasteiger charge is -2.37. The number of aryl methyl sites for hydroxylation is 1. The molecule has 2 N–H and O–H groups in total. The van der Waals surface area contributed by atoms with Crippen LogP contribution in [-0.4, -0.2) is 59.5 Å². The highest BCUT2D eigenvalue weighted by Crippen LogP contribution is 2.23. The minimum atomic E-state index is 0.493. The van der Waals surface area contributed by atoms with Gasteiger partial charge in [0, 0.05) is 43.4 Å². The minimum Gasteiger partial charge on any atom is -0.383 e. The van der Waals surface area contributed by atoms with Crippen LogP contribution in [0.15, 0.2) is 0 Å². The number of fused-ring (bicyclic) bond motifs is 1. The molecule has 3 rings (SSSR count). The van der Waals surface area contributed by atoms with Gasteiger partial charge in [-0.15, -0.1) is 0 Å². The third kappa shape index (κ3) is 3.35. The van der Waals surface area contributed by atoms with Crippen LogP contribution in [0.3, 0.4) is 0 Å². The van der Waals surface area contributed by atoms with Crippen LogP contribution in [0.4, 0.5) is 5.82 Å². The van der Waals surface area contributed by atoms with E-state index < -0.39 is 0 Å². The number of rotatable bonds is 2. The first-order chi connectivity index (χ1) is 10.1. The zero-order chi connectivity index (χ0) is 14.8. The van der Waals surface area contributed by atoms with Gasteiger partial charge in [-0.1, -0.05) is 6.42 Å². The van der Waals surface area contributed by atoms with E-state index in [-0.39, 0.29) is 0 Å². The van der Waals surface area contributed by atoms with Crippen LogP contribution in [0, 0.1) is 0 Å². The average Bonchev–Trinajstić information content (AvgIpc) is 2.68. The lowest BCUT2D eigenvalue weighted by Crippen LogP contribution is -2.51. The number of piperazine rings is 1. The van der Waals surface area contributed by atoms with Crippen molar-refractivity contribution in [2.24, 2.45) is 0 Å². The monoisotopic (exact) mass is 289 g/mol. The van der Waals surface area contributed by atoms with E-state index in [1.165, 1.54) is 30.5 Å². The summed E-state index contributed by atoms with van der Waals surface area (Å²) >= 11 is 0. The summed E-state index contributed by atoms with van der Waals surface area (Å²) in [5.41, 5.74) is 8.63. The van der Waals surface area contributed by atoms with Crippen LogP contribution >= 0.6 is 0 Å². The Morgan fingerprint density at radius 2 is 1.90 bits per heavy atom. The van der Waals surface area contributed by atoms with Gasteiger partial charge < -0.3 is 15.5 Å². The van der Waals surface area contributed by atoms with Gasteiger partial charge >= 0.3 is 0 Å². The van der Waals surface area contributed by atoms with E-state index in [0.29, 0.717) is 6.04 Å². The van der Waals surface area contributed by atoms with Crippen molar-refractivity contribution in [3.8, 4) is 0 Å². The summed E-state index contributed by atoms with van der Waals surface area (Å²) in [5, 5.41) is 0. The Morgan fingerprint density at radius 1 is 1.10 bits per heavy atom. The van der Waals surface area contributed by atoms with Gasteiger partial charge in [0.05, 0.1) is 0 Å². The second kappa shape index (κ2) is 6.28. The predicted molar refractivity (Wildman–Crippen MR) is 85.3 cm³/mol. The second-order valence-corrected chi connectivity index (χ2v) is 6.61. The Morgan fingerprint density at radius 3 is 2.76 bits per heavy atom. The highest BCUT2D eigenvalue weighted by molar-refractivity contribution is 5.43. The number of hydrogen-bond donors (Lipinski definition) is 1. The fourth-order valence-corrected chi connectivity index (χ4v) is 3.48. The number of nitrogens with zero attached hydrogens (tertiary/aromatic N) is 4. The van der Waals surface area contributed by atoms with E-state index in [2.05, 4.69) is 28.9 Å². The molecule has 1 saturated heterocycles. The van der Waals surface area contributed by atoms with Crippen LogP contribution in [0.25, 0.3) is 0 Å². The first-order valence-corrected chi connectivity index (χ1v) is 8.16. The highest BCUT2D eigenvalue weighted by Gasteiger charge is 2.24. The molecule has 0 amide bonds. The first-order valence-electron chi connectivity index (χ1n) is 8.16. The van der Waals surface area contributed by atoms with E-state index in [1.807, 2.05) is 0 Å². The maximum Gasteiger partial charge on any atom is 0.132 e. The van der Waals surface area contributed by atoms with E-state index in [9.17, 15) is 0 Å². The maximum atomic E-state index is 6.20. The van der Waals surface area contributed by atoms with Crippen molar-refractivity contribution in [1.29, 1.82) is 0 Å². The van der Waals surface area contributed by atoms with Crippen LogP contribution in [0.2, 0.25) is 0 Å². The molecule has 1 unspecified atom stereocenters. The molecule has 1 aromatic heterocycles. The summed E-state index contributed by atoms with van der Waals surface area (Å²) in [7, 11) is 4.39. The van der Waals surface area contributed by atoms with Crippen LogP contribution in [0.1, 0.15) is 36.3 Å². The predicted octanol–water partition coefficient (Wildman–Crippen LogP) is 1.12. The van der Waals surface area contributed by atoms with Crippen molar-refractivity contribution < 1.29 is 0 Å². The molecule has 1 aliphatic carbocycles. The Kier molecular flexibility index (Phi) is 4.40. The van der Waals surface area contributed by atoms with Crippen molar-refractivity contribution in [1.82, 2.24) is 19.8 Å². The Labute approximate surface area is 127 Å². The van der Waals surface area contributed by atoms with Crippen molar-refractivity contribution in [3.63, 3.8) is 0 Å². The number of aromatic nitrogens is 2. The molecule has 1 atom stereocenters. The fourth-order valence-electron chi connectivity index (χ4n) is 3.48. The first kappa shape index (κ1) is 14.7. The van der Waals surface area contributed by atoms with Crippen molar-refractivity contribution in [2.45, 2.75) is 44.6 Å². The number of hydrogen-bond acceptors (Lipinski definition) is 5. The largest absolute Gasteiger partial charge is 0.383 e. The van der Waals surface area contributed by atoms with Crippen LogP contribution < -0.4 is 5.73 Å². The number of nitrogen functional groups attached to an aromatic ring is 1. The molecule has 0 aromatic carbocycles. The van der Waals surface area contributed by atoms with E-state index in [4.69, 9.17) is 10.7 Å². The van der Waals surface area contributed by atoms with Gasteiger partial charge in [0.25, 0.3) is 0 Å². The van der Waals surface area contributed by atoms with Gasteiger partial charge in [-0.3, -0.25) is 0 Å². The Hall–Kier alpha value is -1.20. The summed E-state index contributed by atoms with van der Waals surface area (Å²) in [6.45, 7) is 3.33. The van der Waals surface area contributed by atoms with Crippen LogP contribution in [0.5, 0.6) is 0 Å². The summed E-state index contributed by atoms with van der Waals surface area (Å²) in [6, 6.07) is 0.493. The zero-order valence-electron chi connectivity index (χ0n) is 13.3. The zero-order valence-corrected chi connectivity index (χ0v) is 13.3. The minimum absolute atomic E-state index is 0.493. The number of nitrogens with two attached hydrogens (primary N) is 1. The Balaban J connectivity index is 1.79. The molecule has 2 heterocycles. The molecule has 0 bridgehead atoms. The highest BCUT2D eigenvalue weighted by atomic mass is 15.3. The third-order valence-corrected chi connectivity index (χ3v) is 4.91. The van der Waals surface area contributed by atoms with Gasteiger partial charge in [0.2, 0.25) is 0 Å². The van der Waals surface area contributed by atoms with E-state index in [0.717, 1.165) is 50.5 Å². The molecule has 21 heavy (non-hydrogen) atoms. The van der Waals surface area contributed by atoms with E-state index in [1.54, 1.807) is 0 Å². The van der Waals surface area contributed by atoms with Crippen molar-refractivity contribution in [3.05, 3.63) is 17.1 Å². The van der Waals surface area contributed by atoms with Gasteiger partial charge in [0.1, 0.15) is 11.6 Å². The standard InChI is InChI=1S/C16H27N5/c1-20-8-9-21(2)12(11-20)10-15-18-14-7-5-3-4-6-13(14)16(17)19-15/h12H,3-11H2,1-2H3,(H2,17,18,19). The third-order valence-electron chi connectivity index (χ3n) is 4.91. The van der Waals surface area contributed by atoms with E-state index >= 15 is 0 Å². The maximum absolute atomic E-state index is 6.20. The molecular formula is C16H27N5. The Bertz CT molecular complexity index is 502. The average molecular weight is 289 g/mol. The number of anilines is 1. The van der Waals surface area contributed by atoms with Gasteiger partial charge in [-0.25, -0.2) is 9.97 Å². The summed E-state index contributed by atoms with van der Waals surface area (Å²) in [5.74, 6) is 1.66. The molecule has 0 saturated carbocycles. The second-order valence-electron chi connectivity index (χ2n) is 6.61. The lowest BCUT2D eigenvalue weighted by molar-refractivity contribution is 0.113. The lowest BCUT2D eigenvalue weighted by atomic mass is 10.1. The molecule has 0 spiro atoms. The molecule has 116 valence electrons. The normalized spacial score (nSPS) is 24.6. The van der Waals surface area contributed by atoms with Crippen LogP contribution in [-0.2, 0) is 19.3 Å². The SMILES string of the molecule is CN1CCN(C)C(Cc2nc(N)c3c(n2)CCCCC3)C1. The molecule has 1 fully saturated rings. The van der Waals surface area contributed by atoms with Gasteiger partial charge in [-0.2, -0.15) is 0 Å². The molecule has 1 aromatic rings. The fraction of sp³-hybridized carbons (Fsp3) is 0.750. The number of likely N-dealkylation sites (N-methyl/N-ethyl adjacent to an activating group) is 2. The molecule has 5 heteroatoms. The molecule has 1 aliphatic heterocycles. The van der Waals surface area contributed by atoms with Gasteiger partial charge in [0.15, 0.2) is 0 Å².